The van der Waals surface area contributed by atoms with Gasteiger partial charge in [-0.25, -0.2) is 9.97 Å². The SMILES string of the molecule is CCc1cc2c(s1)CCO[C@@]21CCN(C[C@H]2C[C@@H](NC(=O)c3ccnc(C)n3)C2)[C@@H](C)C1. The van der Waals surface area contributed by atoms with Crippen LogP contribution >= 0.6 is 11.3 Å². The van der Waals surface area contributed by atoms with Crippen LogP contribution in [0.1, 0.15) is 71.2 Å². The van der Waals surface area contributed by atoms with Gasteiger partial charge in [-0.15, -0.1) is 11.3 Å². The van der Waals surface area contributed by atoms with E-state index in [2.05, 4.69) is 40.1 Å². The summed E-state index contributed by atoms with van der Waals surface area (Å²) in [7, 11) is 0. The number of piperidine rings is 1. The summed E-state index contributed by atoms with van der Waals surface area (Å²) in [6.45, 7) is 9.48. The largest absolute Gasteiger partial charge is 0.370 e. The number of hydrogen-bond acceptors (Lipinski definition) is 6. The van der Waals surface area contributed by atoms with Crippen LogP contribution in [0.4, 0.5) is 0 Å². The molecule has 1 amide bonds. The summed E-state index contributed by atoms with van der Waals surface area (Å²) < 4.78 is 6.49. The second-order valence-corrected chi connectivity index (χ2v) is 11.0. The molecule has 1 saturated carbocycles. The van der Waals surface area contributed by atoms with Crippen LogP contribution in [0.3, 0.4) is 0 Å². The number of nitrogens with zero attached hydrogens (tertiary/aromatic N) is 3. The number of likely N-dealkylation sites (tertiary alicyclic amines) is 1. The van der Waals surface area contributed by atoms with Crippen LogP contribution in [-0.2, 0) is 23.2 Å². The van der Waals surface area contributed by atoms with Crippen LogP contribution in [-0.4, -0.2) is 52.6 Å². The van der Waals surface area contributed by atoms with Crippen molar-refractivity contribution in [1.29, 1.82) is 0 Å². The summed E-state index contributed by atoms with van der Waals surface area (Å²) in [6, 6.07) is 4.88. The maximum Gasteiger partial charge on any atom is 0.270 e. The number of amides is 1. The summed E-state index contributed by atoms with van der Waals surface area (Å²) in [5.41, 5.74) is 1.88. The molecule has 2 aromatic heterocycles. The van der Waals surface area contributed by atoms with Gasteiger partial charge < -0.3 is 15.0 Å². The van der Waals surface area contributed by atoms with E-state index in [9.17, 15) is 4.79 Å². The standard InChI is InChI=1S/C25H34N4O2S/c1-4-20-13-21-23(32-20)6-10-31-25(21)7-9-29(16(2)14-25)15-18-11-19(12-18)28-24(30)22-5-8-26-17(3)27-22/h5,8,13,16,18-19H,4,6-7,9-12,14-15H2,1-3H3,(H,28,30)/t16-,18-,19+,25+/m0/s1. The highest BCUT2D eigenvalue weighted by Crippen LogP contribution is 2.46. The fraction of sp³-hybridized carbons (Fsp3) is 0.640. The number of aryl methyl sites for hydroxylation is 2. The average Bonchev–Trinajstić information content (AvgIpc) is 3.19. The molecule has 0 bridgehead atoms. The molecule has 4 heterocycles. The van der Waals surface area contributed by atoms with Crippen LogP contribution in [0, 0.1) is 12.8 Å². The summed E-state index contributed by atoms with van der Waals surface area (Å²) in [5.74, 6) is 1.20. The Hall–Kier alpha value is -1.83. The zero-order chi connectivity index (χ0) is 22.3. The Kier molecular flexibility index (Phi) is 6.07. The van der Waals surface area contributed by atoms with Crippen molar-refractivity contribution in [3.8, 4) is 0 Å². The van der Waals surface area contributed by atoms with Gasteiger partial charge in [0.1, 0.15) is 11.5 Å². The number of hydrogen-bond donors (Lipinski definition) is 1. The number of aromatic nitrogens is 2. The van der Waals surface area contributed by atoms with Gasteiger partial charge in [-0.3, -0.25) is 4.79 Å². The highest BCUT2D eigenvalue weighted by Gasteiger charge is 2.45. The molecular weight excluding hydrogens is 420 g/mol. The minimum atomic E-state index is -0.0836. The Labute approximate surface area is 194 Å². The second-order valence-electron chi connectivity index (χ2n) is 9.79. The smallest absolute Gasteiger partial charge is 0.270 e. The van der Waals surface area contributed by atoms with Gasteiger partial charge in [0.2, 0.25) is 0 Å². The van der Waals surface area contributed by atoms with E-state index in [1.54, 1.807) is 24.1 Å². The Balaban J connectivity index is 1.13. The molecule has 5 rings (SSSR count). The predicted molar refractivity (Wildman–Crippen MR) is 126 cm³/mol. The number of fused-ring (bicyclic) bond motifs is 2. The number of ether oxygens (including phenoxy) is 1. The van der Waals surface area contributed by atoms with Crippen LogP contribution in [0.5, 0.6) is 0 Å². The number of thiophene rings is 1. The first kappa shape index (κ1) is 22.0. The molecular formula is C25H34N4O2S. The van der Waals surface area contributed by atoms with E-state index in [0.29, 0.717) is 23.5 Å². The number of rotatable bonds is 5. The van der Waals surface area contributed by atoms with E-state index in [-0.39, 0.29) is 17.6 Å². The second kappa shape index (κ2) is 8.84. The molecule has 0 radical (unpaired) electrons. The van der Waals surface area contributed by atoms with Gasteiger partial charge in [0.15, 0.2) is 0 Å². The lowest BCUT2D eigenvalue weighted by Gasteiger charge is -2.49. The molecule has 1 aliphatic carbocycles. The van der Waals surface area contributed by atoms with E-state index < -0.39 is 0 Å². The van der Waals surface area contributed by atoms with Crippen molar-refractivity contribution in [2.45, 2.75) is 77.0 Å². The quantitative estimate of drug-likeness (QED) is 0.743. The maximum atomic E-state index is 12.4. The highest BCUT2D eigenvalue weighted by molar-refractivity contribution is 7.12. The lowest BCUT2D eigenvalue weighted by atomic mass is 9.76. The Bertz CT molecular complexity index is 986. The van der Waals surface area contributed by atoms with E-state index in [0.717, 1.165) is 58.2 Å². The fourth-order valence-electron chi connectivity index (χ4n) is 5.72. The Morgan fingerprint density at radius 2 is 2.25 bits per heavy atom. The van der Waals surface area contributed by atoms with E-state index >= 15 is 0 Å². The van der Waals surface area contributed by atoms with E-state index in [4.69, 9.17) is 4.74 Å². The van der Waals surface area contributed by atoms with Gasteiger partial charge in [-0.05, 0) is 69.6 Å². The van der Waals surface area contributed by atoms with Crippen molar-refractivity contribution in [2.24, 2.45) is 5.92 Å². The molecule has 6 nitrogen and oxygen atoms in total. The van der Waals surface area contributed by atoms with Crippen molar-refractivity contribution < 1.29 is 9.53 Å². The van der Waals surface area contributed by atoms with Crippen LogP contribution in [0.25, 0.3) is 0 Å². The summed E-state index contributed by atoms with van der Waals surface area (Å²) in [4.78, 5) is 26.4. The molecule has 1 spiro atoms. The van der Waals surface area contributed by atoms with E-state index in [1.165, 1.54) is 10.4 Å². The van der Waals surface area contributed by atoms with Gasteiger partial charge in [-0.1, -0.05) is 6.92 Å². The molecule has 0 unspecified atom stereocenters. The monoisotopic (exact) mass is 454 g/mol. The first-order valence-electron chi connectivity index (χ1n) is 12.1. The normalized spacial score (nSPS) is 30.0. The first-order chi connectivity index (χ1) is 15.5. The Morgan fingerprint density at radius 1 is 1.41 bits per heavy atom. The third-order valence-corrected chi connectivity index (χ3v) is 8.87. The number of carbonyl (C=O) groups is 1. The van der Waals surface area contributed by atoms with E-state index in [1.807, 2.05) is 11.3 Å². The molecule has 1 saturated heterocycles. The third-order valence-electron chi connectivity index (χ3n) is 7.53. The van der Waals surface area contributed by atoms with Crippen molar-refractivity contribution >= 4 is 17.2 Å². The van der Waals surface area contributed by atoms with Crippen molar-refractivity contribution in [1.82, 2.24) is 20.2 Å². The molecule has 2 fully saturated rings. The summed E-state index contributed by atoms with van der Waals surface area (Å²) in [6.07, 6.45) is 8.10. The Morgan fingerprint density at radius 3 is 3.00 bits per heavy atom. The zero-order valence-corrected chi connectivity index (χ0v) is 20.2. The molecule has 1 N–H and O–H groups in total. The predicted octanol–water partition coefficient (Wildman–Crippen LogP) is 3.87. The molecule has 32 heavy (non-hydrogen) atoms. The first-order valence-corrected chi connectivity index (χ1v) is 12.9. The molecule has 2 atom stereocenters. The average molecular weight is 455 g/mol. The van der Waals surface area contributed by atoms with Crippen molar-refractivity contribution in [3.05, 3.63) is 45.2 Å². The highest BCUT2D eigenvalue weighted by atomic mass is 32.1. The number of nitrogens with one attached hydrogen (secondary N) is 1. The topological polar surface area (TPSA) is 67.3 Å². The summed E-state index contributed by atoms with van der Waals surface area (Å²) >= 11 is 2.00. The van der Waals surface area contributed by atoms with Gasteiger partial charge in [-0.2, -0.15) is 0 Å². The molecule has 7 heteroatoms. The molecule has 0 aromatic carbocycles. The van der Waals surface area contributed by atoms with Gasteiger partial charge in [0.25, 0.3) is 5.91 Å². The molecule has 3 aliphatic rings. The minimum absolute atomic E-state index is 0.0702. The third kappa shape index (κ3) is 4.22. The lowest BCUT2D eigenvalue weighted by molar-refractivity contribution is -0.114. The lowest BCUT2D eigenvalue weighted by Crippen LogP contribution is -2.54. The minimum Gasteiger partial charge on any atom is -0.370 e. The van der Waals surface area contributed by atoms with Crippen LogP contribution in [0.2, 0.25) is 0 Å². The van der Waals surface area contributed by atoms with Crippen molar-refractivity contribution in [3.63, 3.8) is 0 Å². The molecule has 2 aromatic rings. The maximum absolute atomic E-state index is 12.4. The summed E-state index contributed by atoms with van der Waals surface area (Å²) in [5, 5.41) is 3.14. The molecule has 2 aliphatic heterocycles. The van der Waals surface area contributed by atoms with Gasteiger partial charge in [0.05, 0.1) is 12.2 Å². The fourth-order valence-corrected chi connectivity index (χ4v) is 6.90. The van der Waals surface area contributed by atoms with Gasteiger partial charge >= 0.3 is 0 Å². The number of carbonyl (C=O) groups excluding carboxylic acids is 1. The van der Waals surface area contributed by atoms with Crippen LogP contribution < -0.4 is 5.32 Å². The van der Waals surface area contributed by atoms with Gasteiger partial charge in [0, 0.05) is 47.5 Å². The zero-order valence-electron chi connectivity index (χ0n) is 19.4. The molecule has 172 valence electrons. The van der Waals surface area contributed by atoms with Crippen molar-refractivity contribution in [2.75, 3.05) is 19.7 Å². The van der Waals surface area contributed by atoms with Crippen LogP contribution in [0.15, 0.2) is 18.3 Å².